The standard InChI is InChI=1S/C13H20N2OS/c1-16-13-8-10(5-6-12(13)14)15-9-11-4-2-3-7-17-11/h5-6,8,11,15H,2-4,7,9,14H2,1H3. The molecule has 1 fully saturated rings. The van der Waals surface area contributed by atoms with Crippen molar-refractivity contribution in [2.45, 2.75) is 24.5 Å². The molecule has 17 heavy (non-hydrogen) atoms. The van der Waals surface area contributed by atoms with Crippen LogP contribution in [0.5, 0.6) is 5.75 Å². The summed E-state index contributed by atoms with van der Waals surface area (Å²) in [7, 11) is 1.65. The lowest BCUT2D eigenvalue weighted by Gasteiger charge is -2.22. The van der Waals surface area contributed by atoms with E-state index in [1.165, 1.54) is 25.0 Å². The van der Waals surface area contributed by atoms with Crippen LogP contribution in [0.2, 0.25) is 0 Å². The number of hydrogen-bond acceptors (Lipinski definition) is 4. The van der Waals surface area contributed by atoms with Gasteiger partial charge in [0.05, 0.1) is 12.8 Å². The highest BCUT2D eigenvalue weighted by Crippen LogP contribution is 2.27. The highest BCUT2D eigenvalue weighted by atomic mass is 32.2. The van der Waals surface area contributed by atoms with Gasteiger partial charge < -0.3 is 15.8 Å². The minimum Gasteiger partial charge on any atom is -0.495 e. The van der Waals surface area contributed by atoms with Gasteiger partial charge >= 0.3 is 0 Å². The number of rotatable bonds is 4. The van der Waals surface area contributed by atoms with E-state index < -0.39 is 0 Å². The number of nitrogen functional groups attached to an aromatic ring is 1. The van der Waals surface area contributed by atoms with Crippen LogP contribution in [0.25, 0.3) is 0 Å². The second kappa shape index (κ2) is 6.05. The summed E-state index contributed by atoms with van der Waals surface area (Å²) in [6, 6.07) is 5.85. The van der Waals surface area contributed by atoms with Crippen LogP contribution in [-0.4, -0.2) is 24.7 Å². The molecule has 0 bridgehead atoms. The first-order valence-corrected chi connectivity index (χ1v) is 7.13. The first-order valence-electron chi connectivity index (χ1n) is 6.08. The Morgan fingerprint density at radius 3 is 3.06 bits per heavy atom. The van der Waals surface area contributed by atoms with Crippen molar-refractivity contribution in [1.82, 2.24) is 0 Å². The molecule has 0 spiro atoms. The third-order valence-electron chi connectivity index (χ3n) is 3.04. The Kier molecular flexibility index (Phi) is 4.42. The van der Waals surface area contributed by atoms with E-state index in [0.717, 1.165) is 23.2 Å². The van der Waals surface area contributed by atoms with Crippen LogP contribution < -0.4 is 15.8 Å². The molecule has 1 unspecified atom stereocenters. The number of ether oxygens (including phenoxy) is 1. The molecule has 1 atom stereocenters. The van der Waals surface area contributed by atoms with Crippen molar-refractivity contribution in [1.29, 1.82) is 0 Å². The van der Waals surface area contributed by atoms with Gasteiger partial charge in [0.1, 0.15) is 5.75 Å². The summed E-state index contributed by atoms with van der Waals surface area (Å²) in [5, 5.41) is 4.20. The van der Waals surface area contributed by atoms with E-state index in [0.29, 0.717) is 5.69 Å². The molecule has 0 saturated carbocycles. The number of methoxy groups -OCH3 is 1. The van der Waals surface area contributed by atoms with E-state index >= 15 is 0 Å². The first-order chi connectivity index (χ1) is 8.29. The van der Waals surface area contributed by atoms with Gasteiger partial charge in [-0.25, -0.2) is 0 Å². The topological polar surface area (TPSA) is 47.3 Å². The molecule has 1 heterocycles. The van der Waals surface area contributed by atoms with Gasteiger partial charge in [0.2, 0.25) is 0 Å². The Bertz CT molecular complexity index is 364. The molecular formula is C13H20N2OS. The minimum absolute atomic E-state index is 0.685. The van der Waals surface area contributed by atoms with Crippen LogP contribution in [0.3, 0.4) is 0 Å². The molecular weight excluding hydrogens is 232 g/mol. The third kappa shape index (κ3) is 3.46. The van der Waals surface area contributed by atoms with Crippen LogP contribution in [0.4, 0.5) is 11.4 Å². The van der Waals surface area contributed by atoms with Gasteiger partial charge in [-0.1, -0.05) is 6.42 Å². The summed E-state index contributed by atoms with van der Waals surface area (Å²) < 4.78 is 5.21. The van der Waals surface area contributed by atoms with Crippen LogP contribution in [0.15, 0.2) is 18.2 Å². The van der Waals surface area contributed by atoms with Crippen molar-refractivity contribution >= 4 is 23.1 Å². The zero-order valence-corrected chi connectivity index (χ0v) is 11.1. The Balaban J connectivity index is 1.89. The lowest BCUT2D eigenvalue weighted by Crippen LogP contribution is -2.19. The number of anilines is 2. The van der Waals surface area contributed by atoms with Crippen LogP contribution in [0.1, 0.15) is 19.3 Å². The fraction of sp³-hybridized carbons (Fsp3) is 0.538. The lowest BCUT2D eigenvalue weighted by atomic mass is 10.2. The van der Waals surface area contributed by atoms with Crippen molar-refractivity contribution in [3.8, 4) is 5.75 Å². The summed E-state index contributed by atoms with van der Waals surface area (Å²) in [6.45, 7) is 1.03. The summed E-state index contributed by atoms with van der Waals surface area (Å²) in [4.78, 5) is 0. The monoisotopic (exact) mass is 252 g/mol. The molecule has 1 aromatic carbocycles. The summed E-state index contributed by atoms with van der Waals surface area (Å²) >= 11 is 2.08. The van der Waals surface area contributed by atoms with E-state index in [9.17, 15) is 0 Å². The molecule has 0 aromatic heterocycles. The molecule has 1 saturated heterocycles. The zero-order chi connectivity index (χ0) is 12.1. The summed E-state index contributed by atoms with van der Waals surface area (Å²) in [5.74, 6) is 2.04. The molecule has 4 heteroatoms. The van der Waals surface area contributed by atoms with E-state index in [-0.39, 0.29) is 0 Å². The van der Waals surface area contributed by atoms with Crippen molar-refractivity contribution in [2.75, 3.05) is 30.5 Å². The summed E-state index contributed by atoms with van der Waals surface area (Å²) in [6.07, 6.45) is 4.06. The highest BCUT2D eigenvalue weighted by molar-refractivity contribution is 7.99. The van der Waals surface area contributed by atoms with Gasteiger partial charge in [-0.15, -0.1) is 0 Å². The Labute approximate surface area is 107 Å². The highest BCUT2D eigenvalue weighted by Gasteiger charge is 2.13. The molecule has 0 aliphatic carbocycles. The van der Waals surface area contributed by atoms with Gasteiger partial charge in [-0.05, 0) is 30.7 Å². The maximum Gasteiger partial charge on any atom is 0.143 e. The van der Waals surface area contributed by atoms with Crippen molar-refractivity contribution in [3.63, 3.8) is 0 Å². The van der Waals surface area contributed by atoms with Crippen LogP contribution in [0, 0.1) is 0 Å². The van der Waals surface area contributed by atoms with E-state index in [4.69, 9.17) is 10.5 Å². The van der Waals surface area contributed by atoms with E-state index in [2.05, 4.69) is 17.1 Å². The third-order valence-corrected chi connectivity index (χ3v) is 4.44. The van der Waals surface area contributed by atoms with Gasteiger partial charge in [0.25, 0.3) is 0 Å². The van der Waals surface area contributed by atoms with E-state index in [1.807, 2.05) is 18.2 Å². The number of thioether (sulfide) groups is 1. The maximum atomic E-state index is 5.78. The molecule has 1 aliphatic heterocycles. The zero-order valence-electron chi connectivity index (χ0n) is 10.2. The Morgan fingerprint density at radius 2 is 2.35 bits per heavy atom. The van der Waals surface area contributed by atoms with Crippen molar-refractivity contribution in [2.24, 2.45) is 0 Å². The number of nitrogens with two attached hydrogens (primary N) is 1. The molecule has 94 valence electrons. The quantitative estimate of drug-likeness (QED) is 0.809. The van der Waals surface area contributed by atoms with Crippen LogP contribution >= 0.6 is 11.8 Å². The fourth-order valence-electron chi connectivity index (χ4n) is 2.02. The fourth-order valence-corrected chi connectivity index (χ4v) is 3.26. The smallest absolute Gasteiger partial charge is 0.143 e. The van der Waals surface area contributed by atoms with Gasteiger partial charge in [-0.3, -0.25) is 0 Å². The number of hydrogen-bond donors (Lipinski definition) is 2. The van der Waals surface area contributed by atoms with Gasteiger partial charge in [-0.2, -0.15) is 11.8 Å². The van der Waals surface area contributed by atoms with Crippen LogP contribution in [-0.2, 0) is 0 Å². The average Bonchev–Trinajstić information content (AvgIpc) is 2.39. The molecule has 1 aromatic rings. The van der Waals surface area contributed by atoms with E-state index in [1.54, 1.807) is 7.11 Å². The maximum absolute atomic E-state index is 5.78. The van der Waals surface area contributed by atoms with Crippen molar-refractivity contribution < 1.29 is 4.74 Å². The predicted octanol–water partition coefficient (Wildman–Crippen LogP) is 2.98. The van der Waals surface area contributed by atoms with Gasteiger partial charge in [0, 0.05) is 23.5 Å². The molecule has 3 N–H and O–H groups in total. The first kappa shape index (κ1) is 12.4. The largest absolute Gasteiger partial charge is 0.495 e. The second-order valence-electron chi connectivity index (χ2n) is 4.33. The normalized spacial score (nSPS) is 19.9. The second-order valence-corrected chi connectivity index (χ2v) is 5.73. The molecule has 1 aliphatic rings. The average molecular weight is 252 g/mol. The Morgan fingerprint density at radius 1 is 1.47 bits per heavy atom. The SMILES string of the molecule is COc1cc(NCC2CCCCS2)ccc1N. The minimum atomic E-state index is 0.685. The number of benzene rings is 1. The van der Waals surface area contributed by atoms with Crippen molar-refractivity contribution in [3.05, 3.63) is 18.2 Å². The lowest BCUT2D eigenvalue weighted by molar-refractivity contribution is 0.417. The van der Waals surface area contributed by atoms with Gasteiger partial charge in [0.15, 0.2) is 0 Å². The molecule has 2 rings (SSSR count). The molecule has 0 amide bonds. The molecule has 3 nitrogen and oxygen atoms in total. The Hall–Kier alpha value is -1.03. The molecule has 0 radical (unpaired) electrons. The summed E-state index contributed by atoms with van der Waals surface area (Å²) in [5.41, 5.74) is 7.55. The number of nitrogens with one attached hydrogen (secondary N) is 1. The predicted molar refractivity (Wildman–Crippen MR) is 76.0 cm³/mol.